The van der Waals surface area contributed by atoms with Crippen molar-refractivity contribution in [3.8, 4) is 5.75 Å². The fraction of sp³-hybridized carbons (Fsp3) is 0.467. The molecule has 0 aromatic heterocycles. The number of halogens is 1. The van der Waals surface area contributed by atoms with Gasteiger partial charge in [0, 0.05) is 11.3 Å². The van der Waals surface area contributed by atoms with Crippen LogP contribution in [0.4, 0.5) is 0 Å². The molecule has 114 valence electrons. The molecule has 2 rings (SSSR count). The fourth-order valence-electron chi connectivity index (χ4n) is 2.04. The van der Waals surface area contributed by atoms with Crippen molar-refractivity contribution in [1.82, 2.24) is 0 Å². The average Bonchev–Trinajstić information content (AvgIpc) is 2.50. The molecule has 1 aliphatic heterocycles. The van der Waals surface area contributed by atoms with Crippen LogP contribution in [0.5, 0.6) is 5.75 Å². The monoisotopic (exact) mass is 328 g/mol. The van der Waals surface area contributed by atoms with Crippen molar-refractivity contribution >= 4 is 35.1 Å². The van der Waals surface area contributed by atoms with E-state index in [0.29, 0.717) is 10.8 Å². The highest BCUT2D eigenvalue weighted by molar-refractivity contribution is 7.99. The molecule has 0 amide bonds. The molecule has 21 heavy (non-hydrogen) atoms. The highest BCUT2D eigenvalue weighted by Crippen LogP contribution is 2.29. The smallest absolute Gasteiger partial charge is 0.379 e. The minimum Gasteiger partial charge on any atom is -0.488 e. The van der Waals surface area contributed by atoms with Crippen molar-refractivity contribution < 1.29 is 19.1 Å². The van der Waals surface area contributed by atoms with Crippen molar-refractivity contribution in [2.24, 2.45) is 0 Å². The van der Waals surface area contributed by atoms with Crippen molar-refractivity contribution in [3.63, 3.8) is 0 Å². The Morgan fingerprint density at radius 1 is 1.43 bits per heavy atom. The molecule has 0 aliphatic carbocycles. The lowest BCUT2D eigenvalue weighted by Crippen LogP contribution is -2.23. The summed E-state index contributed by atoms with van der Waals surface area (Å²) < 4.78 is 10.5. The van der Waals surface area contributed by atoms with E-state index < -0.39 is 11.8 Å². The first-order valence-electron chi connectivity index (χ1n) is 6.87. The molecule has 1 aromatic rings. The minimum atomic E-state index is -0.870. The molecule has 0 spiro atoms. The Morgan fingerprint density at radius 2 is 2.24 bits per heavy atom. The zero-order valence-electron chi connectivity index (χ0n) is 11.8. The van der Waals surface area contributed by atoms with Crippen LogP contribution in [-0.4, -0.2) is 36.0 Å². The summed E-state index contributed by atoms with van der Waals surface area (Å²) in [7, 11) is 0. The van der Waals surface area contributed by atoms with E-state index in [-0.39, 0.29) is 18.3 Å². The van der Waals surface area contributed by atoms with Crippen LogP contribution in [-0.2, 0) is 9.53 Å². The van der Waals surface area contributed by atoms with Gasteiger partial charge in [0.25, 0.3) is 5.78 Å². The summed E-state index contributed by atoms with van der Waals surface area (Å²) in [6.07, 6.45) is 2.28. The Hall–Kier alpha value is -1.20. The van der Waals surface area contributed by atoms with Gasteiger partial charge in [-0.2, -0.15) is 11.8 Å². The first-order chi connectivity index (χ1) is 10.1. The lowest BCUT2D eigenvalue weighted by molar-refractivity contribution is -0.137. The number of carbonyl (C=O) groups is 2. The van der Waals surface area contributed by atoms with Gasteiger partial charge in [0.2, 0.25) is 0 Å². The van der Waals surface area contributed by atoms with Crippen LogP contribution in [0.2, 0.25) is 5.02 Å². The van der Waals surface area contributed by atoms with Gasteiger partial charge in [-0.05, 0) is 43.7 Å². The Kier molecular flexibility index (Phi) is 5.94. The third kappa shape index (κ3) is 4.38. The van der Waals surface area contributed by atoms with Gasteiger partial charge in [0.15, 0.2) is 0 Å². The van der Waals surface area contributed by atoms with E-state index in [1.54, 1.807) is 13.0 Å². The van der Waals surface area contributed by atoms with Crippen molar-refractivity contribution in [2.75, 3.05) is 18.1 Å². The Morgan fingerprint density at radius 3 is 2.86 bits per heavy atom. The van der Waals surface area contributed by atoms with Crippen LogP contribution in [0.3, 0.4) is 0 Å². The number of carbonyl (C=O) groups excluding carboxylic acids is 2. The predicted octanol–water partition coefficient (Wildman–Crippen LogP) is 3.36. The summed E-state index contributed by atoms with van der Waals surface area (Å²) in [6, 6.07) is 4.62. The molecule has 1 saturated heterocycles. The summed E-state index contributed by atoms with van der Waals surface area (Å²) in [5.41, 5.74) is 0.212. The number of ketones is 1. The average molecular weight is 329 g/mol. The zero-order valence-corrected chi connectivity index (χ0v) is 13.3. The molecule has 4 nitrogen and oxygen atoms in total. The van der Waals surface area contributed by atoms with E-state index in [0.717, 1.165) is 18.6 Å². The van der Waals surface area contributed by atoms with Gasteiger partial charge >= 0.3 is 5.97 Å². The molecular formula is C15H17ClO4S. The molecule has 1 heterocycles. The van der Waals surface area contributed by atoms with Crippen LogP contribution in [0, 0.1) is 0 Å². The van der Waals surface area contributed by atoms with Crippen LogP contribution in [0.1, 0.15) is 30.1 Å². The second kappa shape index (κ2) is 7.71. The predicted molar refractivity (Wildman–Crippen MR) is 83.4 cm³/mol. The van der Waals surface area contributed by atoms with Gasteiger partial charge in [-0.3, -0.25) is 4.79 Å². The maximum Gasteiger partial charge on any atom is 0.379 e. The number of hydrogen-bond acceptors (Lipinski definition) is 5. The van der Waals surface area contributed by atoms with Gasteiger partial charge in [-0.25, -0.2) is 4.79 Å². The standard InChI is InChI=1S/C15H17ClO4S/c1-2-19-15(18)14(17)10-5-6-13(12(16)8-10)20-11-4-3-7-21-9-11/h5-6,8,11H,2-4,7,9H2,1H3. The normalized spacial score (nSPS) is 18.1. The van der Waals surface area contributed by atoms with E-state index in [2.05, 4.69) is 4.74 Å². The Labute approximate surface area is 133 Å². The number of benzene rings is 1. The third-order valence-electron chi connectivity index (χ3n) is 3.07. The maximum atomic E-state index is 11.8. The third-order valence-corrected chi connectivity index (χ3v) is 4.55. The number of Topliss-reactive ketones (excluding diaryl/α,β-unsaturated/α-hetero) is 1. The first kappa shape index (κ1) is 16.2. The summed E-state index contributed by atoms with van der Waals surface area (Å²) >= 11 is 8.00. The van der Waals surface area contributed by atoms with Crippen molar-refractivity contribution in [3.05, 3.63) is 28.8 Å². The van der Waals surface area contributed by atoms with Crippen LogP contribution < -0.4 is 4.74 Å². The fourth-order valence-corrected chi connectivity index (χ4v) is 3.30. The van der Waals surface area contributed by atoms with E-state index in [1.807, 2.05) is 11.8 Å². The zero-order chi connectivity index (χ0) is 15.2. The summed E-state index contributed by atoms with van der Waals surface area (Å²) in [5.74, 6) is 1.09. The van der Waals surface area contributed by atoms with Gasteiger partial charge < -0.3 is 9.47 Å². The lowest BCUT2D eigenvalue weighted by atomic mass is 10.1. The number of esters is 1. The lowest BCUT2D eigenvalue weighted by Gasteiger charge is -2.23. The summed E-state index contributed by atoms with van der Waals surface area (Å²) in [6.45, 7) is 1.82. The number of thioether (sulfide) groups is 1. The van der Waals surface area contributed by atoms with E-state index in [1.165, 1.54) is 17.9 Å². The van der Waals surface area contributed by atoms with Crippen molar-refractivity contribution in [1.29, 1.82) is 0 Å². The topological polar surface area (TPSA) is 52.6 Å². The van der Waals surface area contributed by atoms with Gasteiger partial charge in [0.1, 0.15) is 11.9 Å². The second-order valence-electron chi connectivity index (χ2n) is 4.65. The molecule has 0 saturated carbocycles. The van der Waals surface area contributed by atoms with E-state index in [9.17, 15) is 9.59 Å². The molecule has 1 aromatic carbocycles. The Bertz CT molecular complexity index is 526. The highest BCUT2D eigenvalue weighted by atomic mass is 35.5. The van der Waals surface area contributed by atoms with Crippen LogP contribution >= 0.6 is 23.4 Å². The van der Waals surface area contributed by atoms with Gasteiger partial charge in [0.05, 0.1) is 11.6 Å². The maximum absolute atomic E-state index is 11.8. The first-order valence-corrected chi connectivity index (χ1v) is 8.40. The molecular weight excluding hydrogens is 312 g/mol. The van der Waals surface area contributed by atoms with Crippen molar-refractivity contribution in [2.45, 2.75) is 25.9 Å². The molecule has 1 fully saturated rings. The molecule has 1 atom stereocenters. The van der Waals surface area contributed by atoms with Gasteiger partial charge in [-0.1, -0.05) is 11.6 Å². The highest BCUT2D eigenvalue weighted by Gasteiger charge is 2.20. The quantitative estimate of drug-likeness (QED) is 0.471. The number of hydrogen-bond donors (Lipinski definition) is 0. The summed E-state index contributed by atoms with van der Waals surface area (Å²) in [5, 5.41) is 0.334. The van der Waals surface area contributed by atoms with Crippen LogP contribution in [0.15, 0.2) is 18.2 Å². The molecule has 0 N–H and O–H groups in total. The molecule has 0 bridgehead atoms. The molecule has 6 heteroatoms. The second-order valence-corrected chi connectivity index (χ2v) is 6.21. The minimum absolute atomic E-state index is 0.146. The number of ether oxygens (including phenoxy) is 2. The molecule has 1 aliphatic rings. The van der Waals surface area contributed by atoms with E-state index >= 15 is 0 Å². The molecule has 1 unspecified atom stereocenters. The van der Waals surface area contributed by atoms with E-state index in [4.69, 9.17) is 16.3 Å². The number of rotatable bonds is 5. The summed E-state index contributed by atoms with van der Waals surface area (Å²) in [4.78, 5) is 23.2. The SMILES string of the molecule is CCOC(=O)C(=O)c1ccc(OC2CCCSC2)c(Cl)c1. The largest absolute Gasteiger partial charge is 0.488 e. The van der Waals surface area contributed by atoms with Crippen LogP contribution in [0.25, 0.3) is 0 Å². The van der Waals surface area contributed by atoms with Gasteiger partial charge in [-0.15, -0.1) is 0 Å². The Balaban J connectivity index is 2.06. The molecule has 0 radical (unpaired) electrons.